The Bertz CT molecular complexity index is 1100. The molecule has 2 fully saturated rings. The predicted octanol–water partition coefficient (Wildman–Crippen LogP) is 5.12. The summed E-state index contributed by atoms with van der Waals surface area (Å²) in [6.45, 7) is 15.8. The standard InChI is InChI=1S/C30H44N4O4/c1-27(2)15-23(16-28(3,4)33(27)37)31-25(35)21-11-9-20-14-22(12-10-19(20)13-21)26(36)32-24-17-29(5,6)34(38)30(7,8)18-24/h9-14,23-24,37-38H,15-18H2,1-8H3,(H,31,35)(H,32,36). The molecule has 0 aromatic heterocycles. The lowest BCUT2D eigenvalue weighted by atomic mass is 9.79. The lowest BCUT2D eigenvalue weighted by molar-refractivity contribution is -0.245. The summed E-state index contributed by atoms with van der Waals surface area (Å²) >= 11 is 0. The fraction of sp³-hybridized carbons (Fsp3) is 0.600. The number of benzene rings is 2. The number of hydrogen-bond acceptors (Lipinski definition) is 6. The highest BCUT2D eigenvalue weighted by Gasteiger charge is 2.46. The van der Waals surface area contributed by atoms with E-state index in [1.165, 1.54) is 10.1 Å². The van der Waals surface area contributed by atoms with Crippen molar-refractivity contribution < 1.29 is 20.0 Å². The molecular formula is C30H44N4O4. The Kier molecular flexibility index (Phi) is 7.19. The van der Waals surface area contributed by atoms with E-state index in [0.29, 0.717) is 36.8 Å². The second-order valence-corrected chi connectivity index (χ2v) is 13.8. The number of carbonyl (C=O) groups excluding carboxylic acids is 2. The summed E-state index contributed by atoms with van der Waals surface area (Å²) in [6, 6.07) is 10.9. The Hall–Kier alpha value is -2.52. The highest BCUT2D eigenvalue weighted by atomic mass is 16.5. The molecule has 8 nitrogen and oxygen atoms in total. The predicted molar refractivity (Wildman–Crippen MR) is 148 cm³/mol. The summed E-state index contributed by atoms with van der Waals surface area (Å²) in [4.78, 5) is 26.2. The zero-order valence-electron chi connectivity index (χ0n) is 24.1. The topological polar surface area (TPSA) is 105 Å². The maximum absolute atomic E-state index is 13.1. The van der Waals surface area contributed by atoms with Crippen molar-refractivity contribution in [1.82, 2.24) is 20.8 Å². The molecule has 208 valence electrons. The van der Waals surface area contributed by atoms with Gasteiger partial charge in [0.1, 0.15) is 0 Å². The van der Waals surface area contributed by atoms with Crippen LogP contribution in [0.15, 0.2) is 36.4 Å². The van der Waals surface area contributed by atoms with Gasteiger partial charge in [-0.05, 0) is 116 Å². The summed E-state index contributed by atoms with van der Waals surface area (Å²) in [6.07, 6.45) is 2.60. The Balaban J connectivity index is 1.45. The molecule has 2 saturated heterocycles. The van der Waals surface area contributed by atoms with Crippen LogP contribution in [0.1, 0.15) is 102 Å². The molecule has 2 heterocycles. The molecule has 0 unspecified atom stereocenters. The van der Waals surface area contributed by atoms with E-state index in [9.17, 15) is 20.0 Å². The zero-order chi connectivity index (χ0) is 28.3. The third kappa shape index (κ3) is 5.59. The van der Waals surface area contributed by atoms with E-state index >= 15 is 0 Å². The Morgan fingerprint density at radius 2 is 0.921 bits per heavy atom. The lowest BCUT2D eigenvalue weighted by Crippen LogP contribution is -2.62. The molecule has 2 amide bonds. The van der Waals surface area contributed by atoms with Crippen molar-refractivity contribution in [1.29, 1.82) is 0 Å². The van der Waals surface area contributed by atoms with Crippen molar-refractivity contribution in [3.8, 4) is 0 Å². The van der Waals surface area contributed by atoms with Gasteiger partial charge in [0.15, 0.2) is 0 Å². The van der Waals surface area contributed by atoms with Crippen molar-refractivity contribution >= 4 is 22.6 Å². The van der Waals surface area contributed by atoms with Crippen molar-refractivity contribution in [3.05, 3.63) is 47.5 Å². The highest BCUT2D eigenvalue weighted by molar-refractivity contribution is 6.02. The van der Waals surface area contributed by atoms with Crippen molar-refractivity contribution in [3.63, 3.8) is 0 Å². The zero-order valence-corrected chi connectivity index (χ0v) is 24.1. The van der Waals surface area contributed by atoms with Gasteiger partial charge in [-0.25, -0.2) is 0 Å². The lowest BCUT2D eigenvalue weighted by Gasteiger charge is -2.51. The normalized spacial score (nSPS) is 23.7. The molecule has 2 aliphatic heterocycles. The fourth-order valence-electron chi connectivity index (χ4n) is 6.81. The van der Waals surface area contributed by atoms with E-state index in [1.807, 2.05) is 79.7 Å². The average molecular weight is 525 g/mol. The minimum atomic E-state index is -0.444. The first-order chi connectivity index (χ1) is 17.4. The maximum Gasteiger partial charge on any atom is 0.251 e. The second-order valence-electron chi connectivity index (χ2n) is 13.8. The molecule has 0 bridgehead atoms. The van der Waals surface area contributed by atoms with Crippen LogP contribution in [0.4, 0.5) is 0 Å². The first-order valence-corrected chi connectivity index (χ1v) is 13.6. The Labute approximate surface area is 226 Å². The summed E-state index contributed by atoms with van der Waals surface area (Å²) in [5, 5.41) is 32.0. The van der Waals surface area contributed by atoms with Crippen LogP contribution in [0, 0.1) is 0 Å². The number of carbonyl (C=O) groups is 2. The monoisotopic (exact) mass is 524 g/mol. The molecule has 2 aromatic rings. The molecule has 4 N–H and O–H groups in total. The van der Waals surface area contributed by atoms with E-state index in [2.05, 4.69) is 10.6 Å². The minimum Gasteiger partial charge on any atom is -0.349 e. The van der Waals surface area contributed by atoms with Gasteiger partial charge in [0.05, 0.1) is 0 Å². The van der Waals surface area contributed by atoms with Crippen LogP contribution in [0.5, 0.6) is 0 Å². The molecule has 0 aliphatic carbocycles. The maximum atomic E-state index is 13.1. The number of nitrogens with zero attached hydrogens (tertiary/aromatic N) is 2. The molecule has 0 radical (unpaired) electrons. The van der Waals surface area contributed by atoms with Crippen LogP contribution in [0.3, 0.4) is 0 Å². The summed E-state index contributed by atoms with van der Waals surface area (Å²) in [5.74, 6) is -0.283. The number of hydroxylamine groups is 4. The third-order valence-electron chi connectivity index (χ3n) is 8.31. The third-order valence-corrected chi connectivity index (χ3v) is 8.31. The van der Waals surface area contributed by atoms with Crippen LogP contribution in [-0.2, 0) is 0 Å². The van der Waals surface area contributed by atoms with E-state index in [0.717, 1.165) is 10.8 Å². The van der Waals surface area contributed by atoms with E-state index in [-0.39, 0.29) is 23.9 Å². The van der Waals surface area contributed by atoms with Crippen LogP contribution in [0.2, 0.25) is 0 Å². The number of hydrogen-bond donors (Lipinski definition) is 4. The Morgan fingerprint density at radius 3 is 1.21 bits per heavy atom. The van der Waals surface area contributed by atoms with Gasteiger partial charge in [-0.3, -0.25) is 9.59 Å². The van der Waals surface area contributed by atoms with Gasteiger partial charge in [0.2, 0.25) is 0 Å². The van der Waals surface area contributed by atoms with E-state index in [1.54, 1.807) is 12.1 Å². The fourth-order valence-corrected chi connectivity index (χ4v) is 6.81. The first kappa shape index (κ1) is 28.5. The van der Waals surface area contributed by atoms with Crippen LogP contribution in [0.25, 0.3) is 10.8 Å². The van der Waals surface area contributed by atoms with Gasteiger partial charge >= 0.3 is 0 Å². The Morgan fingerprint density at radius 1 is 0.632 bits per heavy atom. The number of amides is 2. The number of piperidine rings is 2. The van der Waals surface area contributed by atoms with E-state index < -0.39 is 22.2 Å². The number of rotatable bonds is 4. The molecule has 4 rings (SSSR count). The molecule has 38 heavy (non-hydrogen) atoms. The first-order valence-electron chi connectivity index (χ1n) is 13.6. The van der Waals surface area contributed by atoms with Gasteiger partial charge in [-0.15, -0.1) is 0 Å². The number of fused-ring (bicyclic) bond motifs is 1. The van der Waals surface area contributed by atoms with Crippen LogP contribution < -0.4 is 10.6 Å². The minimum absolute atomic E-state index is 0.0506. The quantitative estimate of drug-likeness (QED) is 0.442. The molecule has 0 spiro atoms. The van der Waals surface area contributed by atoms with Crippen LogP contribution in [-0.4, -0.2) is 66.6 Å². The van der Waals surface area contributed by atoms with Gasteiger partial charge in [0, 0.05) is 45.4 Å². The van der Waals surface area contributed by atoms with Crippen LogP contribution >= 0.6 is 0 Å². The average Bonchev–Trinajstić information content (AvgIpc) is 2.79. The molecule has 2 aliphatic rings. The number of nitrogens with one attached hydrogen (secondary N) is 2. The van der Waals surface area contributed by atoms with Crippen molar-refractivity contribution in [2.45, 2.75) is 115 Å². The molecule has 8 heteroatoms. The summed E-state index contributed by atoms with van der Waals surface area (Å²) in [7, 11) is 0. The second kappa shape index (κ2) is 9.59. The van der Waals surface area contributed by atoms with Gasteiger partial charge in [0.25, 0.3) is 11.8 Å². The van der Waals surface area contributed by atoms with E-state index in [4.69, 9.17) is 0 Å². The smallest absolute Gasteiger partial charge is 0.251 e. The molecular weight excluding hydrogens is 480 g/mol. The van der Waals surface area contributed by atoms with Gasteiger partial charge < -0.3 is 21.0 Å². The summed E-state index contributed by atoms with van der Waals surface area (Å²) < 4.78 is 0. The SMILES string of the molecule is CC1(C)CC(NC(=O)c2ccc3cc(C(=O)NC4CC(C)(C)N(O)C(C)(C)C4)ccc3c2)CC(C)(C)N1O. The summed E-state index contributed by atoms with van der Waals surface area (Å²) in [5.41, 5.74) is -0.642. The van der Waals surface area contributed by atoms with Crippen molar-refractivity contribution in [2.75, 3.05) is 0 Å². The molecule has 2 aromatic carbocycles. The largest absolute Gasteiger partial charge is 0.349 e. The highest BCUT2D eigenvalue weighted by Crippen LogP contribution is 2.38. The molecule has 0 saturated carbocycles. The molecule has 0 atom stereocenters. The van der Waals surface area contributed by atoms with Gasteiger partial charge in [-0.2, -0.15) is 10.1 Å². The van der Waals surface area contributed by atoms with Gasteiger partial charge in [-0.1, -0.05) is 12.1 Å². The van der Waals surface area contributed by atoms with Crippen molar-refractivity contribution in [2.24, 2.45) is 0 Å².